The van der Waals surface area contributed by atoms with Gasteiger partial charge in [-0.1, -0.05) is 15.9 Å². The van der Waals surface area contributed by atoms with Crippen molar-refractivity contribution >= 4 is 15.9 Å². The maximum absolute atomic E-state index is 5.60. The lowest BCUT2D eigenvalue weighted by Gasteiger charge is -2.40. The van der Waals surface area contributed by atoms with Gasteiger partial charge in [0.05, 0.1) is 25.4 Å². The number of hydrogen-bond acceptors (Lipinski definition) is 3. The summed E-state index contributed by atoms with van der Waals surface area (Å²) in [6.45, 7) is 4.06. The lowest BCUT2D eigenvalue weighted by molar-refractivity contribution is -0.124. The molecular formula is C9H17BrO3. The van der Waals surface area contributed by atoms with Crippen molar-refractivity contribution in [2.75, 3.05) is 26.9 Å². The van der Waals surface area contributed by atoms with Crippen LogP contribution in [0, 0.1) is 0 Å². The Bertz CT molecular complexity index is 141. The largest absolute Gasteiger partial charge is 0.382 e. The molecule has 1 saturated carbocycles. The second kappa shape index (κ2) is 5.96. The average molecular weight is 253 g/mol. The Morgan fingerprint density at radius 1 is 1.31 bits per heavy atom. The molecule has 0 amide bonds. The van der Waals surface area contributed by atoms with E-state index in [1.54, 1.807) is 7.11 Å². The summed E-state index contributed by atoms with van der Waals surface area (Å²) >= 11 is 3.54. The number of hydrogen-bond donors (Lipinski definition) is 0. The number of halogens is 1. The van der Waals surface area contributed by atoms with Crippen LogP contribution in [0.1, 0.15) is 13.3 Å². The zero-order valence-electron chi connectivity index (χ0n) is 8.16. The predicted molar refractivity (Wildman–Crippen MR) is 54.4 cm³/mol. The molecule has 0 N–H and O–H groups in total. The molecule has 0 aromatic heterocycles. The van der Waals surface area contributed by atoms with Crippen molar-refractivity contribution in [2.24, 2.45) is 0 Å². The molecular weight excluding hydrogens is 236 g/mol. The second-order valence-corrected chi connectivity index (χ2v) is 4.25. The first-order valence-electron chi connectivity index (χ1n) is 4.65. The highest BCUT2D eigenvalue weighted by Gasteiger charge is 2.40. The van der Waals surface area contributed by atoms with E-state index in [1.165, 1.54) is 0 Å². The minimum atomic E-state index is 0.204. The summed E-state index contributed by atoms with van der Waals surface area (Å²) in [6.07, 6.45) is 1.52. The van der Waals surface area contributed by atoms with E-state index in [9.17, 15) is 0 Å². The van der Waals surface area contributed by atoms with Crippen molar-refractivity contribution < 1.29 is 14.2 Å². The normalized spacial score (nSPS) is 33.0. The highest BCUT2D eigenvalue weighted by atomic mass is 79.9. The smallest absolute Gasteiger partial charge is 0.0963 e. The first-order valence-corrected chi connectivity index (χ1v) is 5.57. The molecule has 1 aliphatic rings. The molecule has 78 valence electrons. The number of rotatable bonds is 6. The van der Waals surface area contributed by atoms with Gasteiger partial charge in [-0.2, -0.15) is 0 Å². The van der Waals surface area contributed by atoms with Crippen molar-refractivity contribution in [3.05, 3.63) is 0 Å². The zero-order valence-corrected chi connectivity index (χ0v) is 9.75. The first-order chi connectivity index (χ1) is 6.29. The lowest BCUT2D eigenvalue weighted by Crippen LogP contribution is -2.51. The van der Waals surface area contributed by atoms with E-state index in [2.05, 4.69) is 15.9 Å². The molecule has 3 atom stereocenters. The third kappa shape index (κ3) is 3.20. The number of ether oxygens (including phenoxy) is 3. The highest BCUT2D eigenvalue weighted by Crippen LogP contribution is 2.33. The lowest BCUT2D eigenvalue weighted by atomic mass is 9.91. The fourth-order valence-electron chi connectivity index (χ4n) is 1.38. The maximum atomic E-state index is 5.60. The van der Waals surface area contributed by atoms with E-state index in [1.807, 2.05) is 6.92 Å². The van der Waals surface area contributed by atoms with Gasteiger partial charge in [0.1, 0.15) is 0 Å². The Morgan fingerprint density at radius 3 is 2.62 bits per heavy atom. The van der Waals surface area contributed by atoms with Gasteiger partial charge in [-0.25, -0.2) is 0 Å². The summed E-state index contributed by atoms with van der Waals surface area (Å²) in [5, 5.41) is 0. The molecule has 13 heavy (non-hydrogen) atoms. The van der Waals surface area contributed by atoms with Crippen molar-refractivity contribution in [3.63, 3.8) is 0 Å². The van der Waals surface area contributed by atoms with Gasteiger partial charge in [-0.15, -0.1) is 0 Å². The van der Waals surface area contributed by atoms with Crippen molar-refractivity contribution in [3.8, 4) is 0 Å². The predicted octanol–water partition coefficient (Wildman–Crippen LogP) is 1.59. The summed E-state index contributed by atoms with van der Waals surface area (Å²) in [5.41, 5.74) is 0. The monoisotopic (exact) mass is 252 g/mol. The van der Waals surface area contributed by atoms with E-state index in [4.69, 9.17) is 14.2 Å². The number of methoxy groups -OCH3 is 1. The standard InChI is InChI=1S/C9H17BrO3/c1-3-12-8-6-7(10)9(8)13-5-4-11-2/h7-9H,3-6H2,1-2H3. The van der Waals surface area contributed by atoms with Crippen LogP contribution in [-0.4, -0.2) is 44.0 Å². The van der Waals surface area contributed by atoms with E-state index in [0.29, 0.717) is 18.0 Å². The highest BCUT2D eigenvalue weighted by molar-refractivity contribution is 9.09. The van der Waals surface area contributed by atoms with Crippen LogP contribution >= 0.6 is 15.9 Å². The number of alkyl halides is 1. The van der Waals surface area contributed by atoms with Crippen LogP contribution in [0.15, 0.2) is 0 Å². The van der Waals surface area contributed by atoms with Crippen LogP contribution in [-0.2, 0) is 14.2 Å². The quantitative estimate of drug-likeness (QED) is 0.531. The molecule has 1 aliphatic carbocycles. The van der Waals surface area contributed by atoms with E-state index < -0.39 is 0 Å². The maximum Gasteiger partial charge on any atom is 0.0963 e. The molecule has 1 rings (SSSR count). The van der Waals surface area contributed by atoms with Crippen LogP contribution in [0.2, 0.25) is 0 Å². The van der Waals surface area contributed by atoms with Gasteiger partial charge in [0.15, 0.2) is 0 Å². The Hall–Kier alpha value is 0.360. The Morgan fingerprint density at radius 2 is 2.08 bits per heavy atom. The molecule has 3 nitrogen and oxygen atoms in total. The molecule has 0 heterocycles. The van der Waals surface area contributed by atoms with E-state index in [0.717, 1.165) is 13.0 Å². The van der Waals surface area contributed by atoms with Crippen molar-refractivity contribution in [2.45, 2.75) is 30.4 Å². The van der Waals surface area contributed by atoms with Crippen LogP contribution < -0.4 is 0 Å². The molecule has 0 spiro atoms. The van der Waals surface area contributed by atoms with Crippen LogP contribution in [0.3, 0.4) is 0 Å². The summed E-state index contributed by atoms with van der Waals surface area (Å²) in [5.74, 6) is 0. The first kappa shape index (κ1) is 11.4. The summed E-state index contributed by atoms with van der Waals surface area (Å²) in [7, 11) is 1.68. The van der Waals surface area contributed by atoms with Crippen molar-refractivity contribution in [1.82, 2.24) is 0 Å². The molecule has 0 aromatic carbocycles. The molecule has 0 aromatic rings. The van der Waals surface area contributed by atoms with Gasteiger partial charge in [0.2, 0.25) is 0 Å². The third-order valence-electron chi connectivity index (χ3n) is 2.16. The van der Waals surface area contributed by atoms with Crippen LogP contribution in [0.4, 0.5) is 0 Å². The Labute approximate surface area is 87.9 Å². The van der Waals surface area contributed by atoms with Crippen LogP contribution in [0.25, 0.3) is 0 Å². The van der Waals surface area contributed by atoms with Gasteiger partial charge in [-0.05, 0) is 13.3 Å². The molecule has 0 aliphatic heterocycles. The zero-order chi connectivity index (χ0) is 9.68. The van der Waals surface area contributed by atoms with E-state index in [-0.39, 0.29) is 12.2 Å². The summed E-state index contributed by atoms with van der Waals surface area (Å²) < 4.78 is 16.0. The second-order valence-electron chi connectivity index (χ2n) is 3.07. The fraction of sp³-hybridized carbons (Fsp3) is 1.00. The average Bonchev–Trinajstić information content (AvgIpc) is 2.12. The Balaban J connectivity index is 2.14. The fourth-order valence-corrected chi connectivity index (χ4v) is 2.24. The third-order valence-corrected chi connectivity index (χ3v) is 3.05. The van der Waals surface area contributed by atoms with Crippen LogP contribution in [0.5, 0.6) is 0 Å². The summed E-state index contributed by atoms with van der Waals surface area (Å²) in [4.78, 5) is 0.445. The minimum absolute atomic E-state index is 0.204. The van der Waals surface area contributed by atoms with Gasteiger partial charge in [0.25, 0.3) is 0 Å². The SMILES string of the molecule is CCOC1CC(Br)C1OCCOC. The minimum Gasteiger partial charge on any atom is -0.382 e. The van der Waals surface area contributed by atoms with Gasteiger partial charge in [0, 0.05) is 18.5 Å². The molecule has 4 heteroatoms. The summed E-state index contributed by atoms with van der Waals surface area (Å²) in [6, 6.07) is 0. The van der Waals surface area contributed by atoms with E-state index >= 15 is 0 Å². The van der Waals surface area contributed by atoms with Gasteiger partial charge < -0.3 is 14.2 Å². The van der Waals surface area contributed by atoms with Gasteiger partial charge >= 0.3 is 0 Å². The molecule has 3 unspecified atom stereocenters. The molecule has 0 saturated heterocycles. The molecule has 0 radical (unpaired) electrons. The van der Waals surface area contributed by atoms with Crippen molar-refractivity contribution in [1.29, 1.82) is 0 Å². The topological polar surface area (TPSA) is 27.7 Å². The molecule has 1 fully saturated rings. The van der Waals surface area contributed by atoms with Gasteiger partial charge in [-0.3, -0.25) is 0 Å². The Kier molecular flexibility index (Phi) is 5.24. The molecule has 0 bridgehead atoms.